The van der Waals surface area contributed by atoms with Gasteiger partial charge in [-0.15, -0.1) is 11.8 Å². The van der Waals surface area contributed by atoms with Gasteiger partial charge in [-0.25, -0.2) is 0 Å². The summed E-state index contributed by atoms with van der Waals surface area (Å²) in [4.78, 5) is 15.2. The van der Waals surface area contributed by atoms with Gasteiger partial charge in [0.05, 0.1) is 23.3 Å². The minimum absolute atomic E-state index is 0.0955. The number of ether oxygens (including phenoxy) is 2. The third-order valence-electron chi connectivity index (χ3n) is 3.77. The number of fused-ring (bicyclic) bond motifs is 1. The van der Waals surface area contributed by atoms with Crippen molar-refractivity contribution in [2.75, 3.05) is 30.4 Å². The molecule has 0 spiro atoms. The number of rotatable bonds is 6. The number of hydrogen-bond acceptors (Lipinski definition) is 5. The molecule has 0 atom stereocenters. The summed E-state index contributed by atoms with van der Waals surface area (Å²) in [5.41, 5.74) is 0.689. The minimum Gasteiger partial charge on any atom is -0.486 e. The normalized spacial score (nSPS) is 12.3. The molecule has 0 bridgehead atoms. The lowest BCUT2D eigenvalue weighted by molar-refractivity contribution is -0.116. The van der Waals surface area contributed by atoms with Crippen LogP contribution < -0.4 is 14.4 Å². The first-order valence-corrected chi connectivity index (χ1v) is 9.49. The zero-order valence-electron chi connectivity index (χ0n) is 14.0. The lowest BCUT2D eigenvalue weighted by Crippen LogP contribution is -2.33. The zero-order chi connectivity index (χ0) is 18.4. The number of anilines is 1. The van der Waals surface area contributed by atoms with Crippen molar-refractivity contribution in [3.8, 4) is 17.6 Å². The molecule has 3 rings (SSSR count). The van der Waals surface area contributed by atoms with Gasteiger partial charge < -0.3 is 14.4 Å². The van der Waals surface area contributed by atoms with Crippen LogP contribution in [0, 0.1) is 11.3 Å². The van der Waals surface area contributed by atoms with Gasteiger partial charge in [-0.2, -0.15) is 5.26 Å². The number of nitrogens with zero attached hydrogens (tertiary/aromatic N) is 2. The molecule has 26 heavy (non-hydrogen) atoms. The van der Waals surface area contributed by atoms with E-state index in [1.165, 1.54) is 11.8 Å². The van der Waals surface area contributed by atoms with E-state index in [0.717, 1.165) is 4.90 Å². The highest BCUT2D eigenvalue weighted by Gasteiger charge is 2.20. The van der Waals surface area contributed by atoms with Crippen molar-refractivity contribution in [3.63, 3.8) is 0 Å². The Morgan fingerprint density at radius 1 is 1.19 bits per heavy atom. The monoisotopic (exact) mass is 388 g/mol. The number of amides is 1. The molecule has 1 aliphatic heterocycles. The molecule has 0 saturated heterocycles. The fourth-order valence-corrected chi connectivity index (χ4v) is 3.65. The Bertz CT molecular complexity index is 838. The second kappa shape index (κ2) is 8.84. The first-order chi connectivity index (χ1) is 12.7. The van der Waals surface area contributed by atoms with Crippen LogP contribution >= 0.6 is 23.4 Å². The Balaban J connectivity index is 1.76. The Hall–Kier alpha value is -2.36. The van der Waals surface area contributed by atoms with E-state index in [1.54, 1.807) is 23.1 Å². The SMILES string of the molecule is N#CCCN(C(=O)CSc1ccccc1Cl)c1ccc2c(c1)OCCO2. The molecule has 2 aromatic rings. The summed E-state index contributed by atoms with van der Waals surface area (Å²) < 4.78 is 11.1. The highest BCUT2D eigenvalue weighted by atomic mass is 35.5. The highest BCUT2D eigenvalue weighted by Crippen LogP contribution is 2.34. The Morgan fingerprint density at radius 3 is 2.73 bits per heavy atom. The first-order valence-electron chi connectivity index (χ1n) is 8.13. The van der Waals surface area contributed by atoms with E-state index in [4.69, 9.17) is 26.3 Å². The molecule has 0 aromatic heterocycles. The predicted molar refractivity (Wildman–Crippen MR) is 102 cm³/mol. The van der Waals surface area contributed by atoms with Crippen molar-refractivity contribution in [1.82, 2.24) is 0 Å². The van der Waals surface area contributed by atoms with Crippen molar-refractivity contribution in [1.29, 1.82) is 5.26 Å². The average Bonchev–Trinajstić information content (AvgIpc) is 2.67. The summed E-state index contributed by atoms with van der Waals surface area (Å²) in [6.07, 6.45) is 0.247. The summed E-state index contributed by atoms with van der Waals surface area (Å²) in [6.45, 7) is 1.31. The topological polar surface area (TPSA) is 62.6 Å². The van der Waals surface area contributed by atoms with Crippen LogP contribution in [0.4, 0.5) is 5.69 Å². The van der Waals surface area contributed by atoms with Crippen molar-refractivity contribution in [2.45, 2.75) is 11.3 Å². The maximum atomic E-state index is 12.8. The number of halogens is 1. The smallest absolute Gasteiger partial charge is 0.237 e. The fraction of sp³-hybridized carbons (Fsp3) is 0.263. The average molecular weight is 389 g/mol. The van der Waals surface area contributed by atoms with E-state index in [0.29, 0.717) is 42.0 Å². The van der Waals surface area contributed by atoms with Crippen LogP contribution in [0.25, 0.3) is 0 Å². The standard InChI is InChI=1S/C19H17ClN2O3S/c20-15-4-1-2-5-18(15)26-13-19(23)22(9-3-8-21)14-6-7-16-17(12-14)25-11-10-24-16/h1-2,4-7,12H,3,9-11,13H2. The van der Waals surface area contributed by atoms with Gasteiger partial charge in [-0.1, -0.05) is 23.7 Å². The summed E-state index contributed by atoms with van der Waals surface area (Å²) in [7, 11) is 0. The molecule has 0 aliphatic carbocycles. The minimum atomic E-state index is -0.0955. The molecule has 1 heterocycles. The zero-order valence-corrected chi connectivity index (χ0v) is 15.6. The van der Waals surface area contributed by atoms with Crippen LogP contribution in [0.1, 0.15) is 6.42 Å². The van der Waals surface area contributed by atoms with Crippen molar-refractivity contribution in [2.24, 2.45) is 0 Å². The van der Waals surface area contributed by atoms with Gasteiger partial charge in [0.1, 0.15) is 13.2 Å². The third-order valence-corrected chi connectivity index (χ3v) is 5.27. The molecule has 1 aliphatic rings. The van der Waals surface area contributed by atoms with E-state index >= 15 is 0 Å². The van der Waals surface area contributed by atoms with E-state index in [9.17, 15) is 4.79 Å². The fourth-order valence-electron chi connectivity index (χ4n) is 2.54. The molecule has 134 valence electrons. The molecule has 0 fully saturated rings. The predicted octanol–water partition coefficient (Wildman–Crippen LogP) is 4.15. The number of nitriles is 1. The second-order valence-corrected chi connectivity index (χ2v) is 6.92. The van der Waals surface area contributed by atoms with E-state index < -0.39 is 0 Å². The van der Waals surface area contributed by atoms with Crippen LogP contribution in [-0.4, -0.2) is 31.4 Å². The van der Waals surface area contributed by atoms with Crippen LogP contribution in [-0.2, 0) is 4.79 Å². The molecule has 0 unspecified atom stereocenters. The molecule has 0 N–H and O–H groups in total. The summed E-state index contributed by atoms with van der Waals surface area (Å²) >= 11 is 7.53. The van der Waals surface area contributed by atoms with E-state index in [2.05, 4.69) is 6.07 Å². The molecular weight excluding hydrogens is 372 g/mol. The quantitative estimate of drug-likeness (QED) is 0.695. The highest BCUT2D eigenvalue weighted by molar-refractivity contribution is 8.00. The third kappa shape index (κ3) is 4.43. The summed E-state index contributed by atoms with van der Waals surface area (Å²) in [5, 5.41) is 9.54. The number of carbonyl (C=O) groups is 1. The molecule has 7 heteroatoms. The number of hydrogen-bond donors (Lipinski definition) is 0. The molecule has 2 aromatic carbocycles. The molecule has 1 amide bonds. The largest absolute Gasteiger partial charge is 0.486 e. The van der Waals surface area contributed by atoms with Gasteiger partial charge in [-0.05, 0) is 24.3 Å². The maximum Gasteiger partial charge on any atom is 0.237 e. The van der Waals surface area contributed by atoms with Crippen molar-refractivity contribution < 1.29 is 14.3 Å². The molecule has 0 saturated carbocycles. The number of thioether (sulfide) groups is 1. The number of carbonyl (C=O) groups excluding carboxylic acids is 1. The lowest BCUT2D eigenvalue weighted by Gasteiger charge is -2.25. The van der Waals surface area contributed by atoms with E-state index in [1.807, 2.05) is 24.3 Å². The Labute approximate surface area is 161 Å². The Kier molecular flexibility index (Phi) is 6.26. The second-order valence-electron chi connectivity index (χ2n) is 5.50. The maximum absolute atomic E-state index is 12.8. The molecule has 5 nitrogen and oxygen atoms in total. The van der Waals surface area contributed by atoms with Crippen molar-refractivity contribution in [3.05, 3.63) is 47.5 Å². The van der Waals surface area contributed by atoms with Gasteiger partial charge in [0.25, 0.3) is 0 Å². The summed E-state index contributed by atoms with van der Waals surface area (Å²) in [6, 6.07) is 14.9. The number of benzene rings is 2. The van der Waals surface area contributed by atoms with Crippen LogP contribution in [0.2, 0.25) is 5.02 Å². The first kappa shape index (κ1) is 18.4. The summed E-state index contributed by atoms with van der Waals surface area (Å²) in [5.74, 6) is 1.41. The van der Waals surface area contributed by atoms with Gasteiger partial charge in [0.15, 0.2) is 11.5 Å². The van der Waals surface area contributed by atoms with Crippen LogP contribution in [0.15, 0.2) is 47.4 Å². The molecule has 0 radical (unpaired) electrons. The van der Waals surface area contributed by atoms with Crippen LogP contribution in [0.5, 0.6) is 11.5 Å². The van der Waals surface area contributed by atoms with Gasteiger partial charge in [-0.3, -0.25) is 4.79 Å². The van der Waals surface area contributed by atoms with Gasteiger partial charge in [0, 0.05) is 23.2 Å². The van der Waals surface area contributed by atoms with Crippen molar-refractivity contribution >= 4 is 35.0 Å². The molecular formula is C19H17ClN2O3S. The lowest BCUT2D eigenvalue weighted by atomic mass is 10.2. The van der Waals surface area contributed by atoms with Gasteiger partial charge in [0.2, 0.25) is 5.91 Å². The van der Waals surface area contributed by atoms with E-state index in [-0.39, 0.29) is 18.1 Å². The van der Waals surface area contributed by atoms with Crippen LogP contribution in [0.3, 0.4) is 0 Å². The Morgan fingerprint density at radius 2 is 1.96 bits per heavy atom. The van der Waals surface area contributed by atoms with Gasteiger partial charge >= 0.3 is 0 Å².